The smallest absolute Gasteiger partial charge is 0.258 e. The average molecular weight is 391 g/mol. The minimum Gasteiger partial charge on any atom is -0.483 e. The molecule has 6 nitrogen and oxygen atoms in total. The second kappa shape index (κ2) is 8.73. The third-order valence-corrected chi connectivity index (χ3v) is 4.35. The van der Waals surface area contributed by atoms with Crippen molar-refractivity contribution >= 4 is 5.91 Å². The molecule has 3 rings (SSSR count). The zero-order chi connectivity index (χ0) is 20.9. The molecule has 29 heavy (non-hydrogen) atoms. The number of carbonyl (C=O) groups excluding carboxylic acids is 1. The Morgan fingerprint density at radius 1 is 1.17 bits per heavy atom. The van der Waals surface area contributed by atoms with Gasteiger partial charge in [0.2, 0.25) is 5.82 Å². The Kier molecular flexibility index (Phi) is 6.12. The number of aromatic nitrogens is 2. The summed E-state index contributed by atoms with van der Waals surface area (Å²) in [5.41, 5.74) is 2.81. The van der Waals surface area contributed by atoms with Gasteiger partial charge < -0.3 is 14.6 Å². The van der Waals surface area contributed by atoms with Crippen molar-refractivity contribution in [1.29, 1.82) is 0 Å². The fraction of sp³-hybridized carbons (Fsp3) is 0.261. The molecule has 1 amide bonds. The van der Waals surface area contributed by atoms with Crippen LogP contribution in [0.3, 0.4) is 0 Å². The molecule has 1 N–H and O–H groups in total. The van der Waals surface area contributed by atoms with Crippen molar-refractivity contribution < 1.29 is 14.1 Å². The fourth-order valence-electron chi connectivity index (χ4n) is 2.72. The Balaban J connectivity index is 1.78. The molecule has 1 heterocycles. The minimum absolute atomic E-state index is 0.0762. The van der Waals surface area contributed by atoms with Crippen LogP contribution >= 0.6 is 0 Å². The van der Waals surface area contributed by atoms with Crippen LogP contribution in [0.15, 0.2) is 65.7 Å². The highest BCUT2D eigenvalue weighted by Gasteiger charge is 2.17. The lowest BCUT2D eigenvalue weighted by atomic mass is 9.87. The molecule has 0 bridgehead atoms. The number of amides is 1. The summed E-state index contributed by atoms with van der Waals surface area (Å²) in [6.07, 6.45) is 1.61. The zero-order valence-corrected chi connectivity index (χ0v) is 16.9. The molecule has 150 valence electrons. The molecule has 0 saturated carbocycles. The molecule has 2 aromatic carbocycles. The van der Waals surface area contributed by atoms with Crippen LogP contribution in [-0.4, -0.2) is 29.2 Å². The topological polar surface area (TPSA) is 77.2 Å². The van der Waals surface area contributed by atoms with E-state index < -0.39 is 0 Å². The molecule has 0 aliphatic heterocycles. The molecular weight excluding hydrogens is 366 g/mol. The highest BCUT2D eigenvalue weighted by atomic mass is 16.5. The third kappa shape index (κ3) is 5.10. The first-order valence-electron chi connectivity index (χ1n) is 9.43. The molecule has 0 atom stereocenters. The van der Waals surface area contributed by atoms with E-state index in [0.717, 1.165) is 5.56 Å². The summed E-state index contributed by atoms with van der Waals surface area (Å²) >= 11 is 0. The van der Waals surface area contributed by atoms with Crippen molar-refractivity contribution in [3.05, 3.63) is 66.7 Å². The molecule has 1 aromatic heterocycles. The van der Waals surface area contributed by atoms with Crippen LogP contribution in [0.4, 0.5) is 0 Å². The number of rotatable bonds is 7. The molecule has 3 aromatic rings. The second-order valence-corrected chi connectivity index (χ2v) is 7.63. The Hall–Kier alpha value is -3.41. The maximum Gasteiger partial charge on any atom is 0.258 e. The Labute approximate surface area is 170 Å². The van der Waals surface area contributed by atoms with Crippen LogP contribution in [0.25, 0.3) is 22.8 Å². The van der Waals surface area contributed by atoms with Crippen molar-refractivity contribution in [3.8, 4) is 28.6 Å². The first-order chi connectivity index (χ1) is 13.9. The molecule has 6 heteroatoms. The minimum atomic E-state index is -0.229. The van der Waals surface area contributed by atoms with E-state index in [1.54, 1.807) is 12.1 Å². The lowest BCUT2D eigenvalue weighted by molar-refractivity contribution is -0.122. The first-order valence-corrected chi connectivity index (χ1v) is 9.43. The fourth-order valence-corrected chi connectivity index (χ4v) is 2.72. The van der Waals surface area contributed by atoms with Gasteiger partial charge in [-0.15, -0.1) is 6.58 Å². The van der Waals surface area contributed by atoms with Crippen LogP contribution in [-0.2, 0) is 10.2 Å². The average Bonchev–Trinajstić information content (AvgIpc) is 3.20. The van der Waals surface area contributed by atoms with E-state index >= 15 is 0 Å². The van der Waals surface area contributed by atoms with E-state index in [2.05, 4.69) is 54.9 Å². The molecule has 0 aliphatic rings. The monoisotopic (exact) mass is 391 g/mol. The van der Waals surface area contributed by atoms with E-state index in [4.69, 9.17) is 9.26 Å². The molecule has 0 saturated heterocycles. The van der Waals surface area contributed by atoms with Gasteiger partial charge in [0.05, 0.1) is 5.56 Å². The SMILES string of the molecule is C=CCNC(=O)COc1ccccc1-c1noc(-c2ccc(C(C)(C)C)cc2)n1. The predicted octanol–water partition coefficient (Wildman–Crippen LogP) is 4.38. The Bertz CT molecular complexity index is 985. The number of ether oxygens (including phenoxy) is 1. The van der Waals surface area contributed by atoms with Gasteiger partial charge in [0.1, 0.15) is 5.75 Å². The van der Waals surface area contributed by atoms with Gasteiger partial charge in [-0.1, -0.05) is 56.3 Å². The highest BCUT2D eigenvalue weighted by Crippen LogP contribution is 2.30. The largest absolute Gasteiger partial charge is 0.483 e. The standard InChI is InChI=1S/C23H25N3O3/c1-5-14-24-20(27)15-28-19-9-7-6-8-18(19)21-25-22(29-26-21)16-10-12-17(13-11-16)23(2,3)4/h5-13H,1,14-15H2,2-4H3,(H,24,27). The van der Waals surface area contributed by atoms with Gasteiger partial charge in [-0.2, -0.15) is 4.98 Å². The maximum absolute atomic E-state index is 11.8. The van der Waals surface area contributed by atoms with Crippen LogP contribution < -0.4 is 10.1 Å². The summed E-state index contributed by atoms with van der Waals surface area (Å²) in [5, 5.41) is 6.76. The van der Waals surface area contributed by atoms with E-state index in [1.807, 2.05) is 30.3 Å². The number of carbonyl (C=O) groups is 1. The maximum atomic E-state index is 11.8. The van der Waals surface area contributed by atoms with Crippen molar-refractivity contribution in [2.75, 3.05) is 13.2 Å². The number of hydrogen-bond donors (Lipinski definition) is 1. The summed E-state index contributed by atoms with van der Waals surface area (Å²) in [6.45, 7) is 10.4. The molecule has 0 aliphatic carbocycles. The normalized spacial score (nSPS) is 11.1. The number of para-hydroxylation sites is 1. The summed E-state index contributed by atoms with van der Waals surface area (Å²) in [7, 11) is 0. The second-order valence-electron chi connectivity index (χ2n) is 7.63. The lowest BCUT2D eigenvalue weighted by Crippen LogP contribution is -2.28. The van der Waals surface area contributed by atoms with E-state index in [0.29, 0.717) is 29.6 Å². The van der Waals surface area contributed by atoms with Gasteiger partial charge >= 0.3 is 0 Å². The summed E-state index contributed by atoms with van der Waals surface area (Å²) in [5.74, 6) is 1.12. The van der Waals surface area contributed by atoms with Crippen molar-refractivity contribution in [1.82, 2.24) is 15.5 Å². The predicted molar refractivity (Wildman–Crippen MR) is 113 cm³/mol. The van der Waals surface area contributed by atoms with Gasteiger partial charge in [0.25, 0.3) is 11.8 Å². The lowest BCUT2D eigenvalue weighted by Gasteiger charge is -2.18. The van der Waals surface area contributed by atoms with Crippen LogP contribution in [0.2, 0.25) is 0 Å². The summed E-state index contributed by atoms with van der Waals surface area (Å²) < 4.78 is 11.1. The van der Waals surface area contributed by atoms with Crippen molar-refractivity contribution in [3.63, 3.8) is 0 Å². The number of benzene rings is 2. The van der Waals surface area contributed by atoms with Crippen LogP contribution in [0.1, 0.15) is 26.3 Å². The van der Waals surface area contributed by atoms with Crippen LogP contribution in [0, 0.1) is 0 Å². The Morgan fingerprint density at radius 3 is 2.59 bits per heavy atom. The molecule has 0 spiro atoms. The number of hydrogen-bond acceptors (Lipinski definition) is 5. The molecule has 0 radical (unpaired) electrons. The zero-order valence-electron chi connectivity index (χ0n) is 16.9. The number of nitrogens with one attached hydrogen (secondary N) is 1. The van der Waals surface area contributed by atoms with Crippen molar-refractivity contribution in [2.24, 2.45) is 0 Å². The van der Waals surface area contributed by atoms with E-state index in [1.165, 1.54) is 5.56 Å². The van der Waals surface area contributed by atoms with Gasteiger partial charge in [-0.3, -0.25) is 4.79 Å². The van der Waals surface area contributed by atoms with Gasteiger partial charge in [0.15, 0.2) is 6.61 Å². The highest BCUT2D eigenvalue weighted by molar-refractivity contribution is 5.78. The summed E-state index contributed by atoms with van der Waals surface area (Å²) in [6, 6.07) is 15.4. The third-order valence-electron chi connectivity index (χ3n) is 4.35. The van der Waals surface area contributed by atoms with Crippen molar-refractivity contribution in [2.45, 2.75) is 26.2 Å². The number of nitrogens with zero attached hydrogens (tertiary/aromatic N) is 2. The van der Waals surface area contributed by atoms with Gasteiger partial charge in [-0.05, 0) is 35.2 Å². The Morgan fingerprint density at radius 2 is 1.90 bits per heavy atom. The van der Waals surface area contributed by atoms with E-state index in [9.17, 15) is 4.79 Å². The quantitative estimate of drug-likeness (QED) is 0.605. The molecule has 0 fully saturated rings. The summed E-state index contributed by atoms with van der Waals surface area (Å²) in [4.78, 5) is 16.3. The van der Waals surface area contributed by atoms with Crippen LogP contribution in [0.5, 0.6) is 5.75 Å². The molecular formula is C23H25N3O3. The van der Waals surface area contributed by atoms with E-state index in [-0.39, 0.29) is 17.9 Å². The first kappa shape index (κ1) is 20.3. The molecule has 0 unspecified atom stereocenters. The van der Waals surface area contributed by atoms with Gasteiger partial charge in [0, 0.05) is 12.1 Å². The van der Waals surface area contributed by atoms with Gasteiger partial charge in [-0.25, -0.2) is 0 Å².